The van der Waals surface area contributed by atoms with Crippen LogP contribution in [0.4, 0.5) is 8.78 Å². The van der Waals surface area contributed by atoms with E-state index in [1.807, 2.05) is 0 Å². The summed E-state index contributed by atoms with van der Waals surface area (Å²) in [7, 11) is 0. The maximum Gasteiger partial charge on any atom is 0.253 e. The Morgan fingerprint density at radius 3 is 2.64 bits per heavy atom. The molecule has 1 fully saturated rings. The maximum atomic E-state index is 16.0. The molecule has 2 heterocycles. The SMILES string of the molecule is [2H]C([2H])(C)c1cnc(CCCC2(F)C([2H])([2H])CN(C(=O)c3ccc(F)c(Cl)c3)CC2([2H])[2H])nc1. The van der Waals surface area contributed by atoms with E-state index in [9.17, 15) is 9.18 Å². The Kier molecular flexibility index (Phi) is 4.47. The van der Waals surface area contributed by atoms with Gasteiger partial charge in [-0.05, 0) is 55.7 Å². The minimum absolute atomic E-state index is 0.0371. The molecule has 0 spiro atoms. The van der Waals surface area contributed by atoms with Crippen LogP contribution in [0.3, 0.4) is 0 Å². The molecule has 1 saturated heterocycles. The lowest BCUT2D eigenvalue weighted by Crippen LogP contribution is -2.44. The predicted octanol–water partition coefficient (Wildman–Crippen LogP) is 4.80. The molecule has 1 aliphatic rings. The number of carbonyl (C=O) groups is 1. The first-order valence-electron chi connectivity index (χ1n) is 11.8. The number of amides is 1. The van der Waals surface area contributed by atoms with Gasteiger partial charge >= 0.3 is 0 Å². The monoisotopic (exact) mass is 413 g/mol. The molecule has 150 valence electrons. The van der Waals surface area contributed by atoms with E-state index in [0.29, 0.717) is 5.82 Å². The first-order valence-corrected chi connectivity index (χ1v) is 9.20. The number of benzene rings is 1. The Hall–Kier alpha value is -2.08. The van der Waals surface area contributed by atoms with E-state index in [1.54, 1.807) is 0 Å². The predicted molar refractivity (Wildman–Crippen MR) is 105 cm³/mol. The second-order valence-electron chi connectivity index (χ2n) is 6.44. The average molecular weight is 414 g/mol. The van der Waals surface area contributed by atoms with Gasteiger partial charge in [-0.1, -0.05) is 18.5 Å². The molecule has 28 heavy (non-hydrogen) atoms. The minimum atomic E-state index is -2.89. The van der Waals surface area contributed by atoms with E-state index in [2.05, 4.69) is 9.97 Å². The minimum Gasteiger partial charge on any atom is -0.338 e. The van der Waals surface area contributed by atoms with Crippen LogP contribution >= 0.6 is 11.6 Å². The molecule has 1 aliphatic heterocycles. The first-order chi connectivity index (χ1) is 15.6. The van der Waals surface area contributed by atoms with Crippen LogP contribution in [0, 0.1) is 5.82 Å². The fraction of sp³-hybridized carbons (Fsp3) is 0.476. The standard InChI is InChI=1S/C21H24ClF2N3O/c1-2-15-13-25-19(26-14-15)4-3-7-21(24)8-10-27(11-9-21)20(28)16-5-6-18(23)17(22)12-16/h5-6,12-14H,2-4,7-11H2,1H3/i2D2,8D2,9D2. The normalized spacial score (nSPS) is 23.5. The highest BCUT2D eigenvalue weighted by Gasteiger charge is 2.35. The van der Waals surface area contributed by atoms with Crippen molar-refractivity contribution in [3.05, 3.63) is 58.4 Å². The molecular weight excluding hydrogens is 384 g/mol. The summed E-state index contributed by atoms with van der Waals surface area (Å²) in [6, 6.07) is 3.20. The van der Waals surface area contributed by atoms with Crippen LogP contribution in [0.2, 0.25) is 5.02 Å². The highest BCUT2D eigenvalue weighted by Crippen LogP contribution is 2.32. The van der Waals surface area contributed by atoms with E-state index in [4.69, 9.17) is 19.8 Å². The number of halogens is 3. The van der Waals surface area contributed by atoms with Gasteiger partial charge in [0.25, 0.3) is 5.91 Å². The van der Waals surface area contributed by atoms with Gasteiger partial charge in [-0.15, -0.1) is 0 Å². The molecule has 0 N–H and O–H groups in total. The van der Waals surface area contributed by atoms with Crippen LogP contribution < -0.4 is 0 Å². The number of hydrogen-bond acceptors (Lipinski definition) is 3. The zero-order valence-electron chi connectivity index (χ0n) is 21.3. The van der Waals surface area contributed by atoms with Crippen LogP contribution in [0.1, 0.15) is 62.5 Å². The van der Waals surface area contributed by atoms with Crippen molar-refractivity contribution in [1.29, 1.82) is 0 Å². The Morgan fingerprint density at radius 1 is 1.36 bits per heavy atom. The molecule has 1 aromatic heterocycles. The topological polar surface area (TPSA) is 46.1 Å². The molecule has 0 aliphatic carbocycles. The number of alkyl halides is 1. The summed E-state index contributed by atoms with van der Waals surface area (Å²) >= 11 is 5.71. The van der Waals surface area contributed by atoms with E-state index in [-0.39, 0.29) is 29.0 Å². The average Bonchev–Trinajstić information content (AvgIpc) is 2.73. The Morgan fingerprint density at radius 2 is 2.04 bits per heavy atom. The number of carbonyl (C=O) groups excluding carboxylic acids is 1. The van der Waals surface area contributed by atoms with Gasteiger partial charge in [0.1, 0.15) is 17.3 Å². The summed E-state index contributed by atoms with van der Waals surface area (Å²) in [6.45, 7) is -0.00853. The summed E-state index contributed by atoms with van der Waals surface area (Å²) in [5.74, 6) is -1.21. The Balaban J connectivity index is 1.72. The molecule has 0 bridgehead atoms. The van der Waals surface area contributed by atoms with Crippen molar-refractivity contribution in [3.63, 3.8) is 0 Å². The lowest BCUT2D eigenvalue weighted by atomic mass is 9.88. The summed E-state index contributed by atoms with van der Waals surface area (Å²) in [4.78, 5) is 21.8. The maximum absolute atomic E-state index is 16.0. The fourth-order valence-electron chi connectivity index (χ4n) is 2.80. The number of nitrogens with zero attached hydrogens (tertiary/aromatic N) is 3. The van der Waals surface area contributed by atoms with Crippen LogP contribution in [-0.4, -0.2) is 39.5 Å². The highest BCUT2D eigenvalue weighted by molar-refractivity contribution is 6.31. The number of hydrogen-bond donors (Lipinski definition) is 0. The fourth-order valence-corrected chi connectivity index (χ4v) is 2.98. The van der Waals surface area contributed by atoms with Gasteiger partial charge in [0.2, 0.25) is 0 Å². The van der Waals surface area contributed by atoms with Crippen molar-refractivity contribution in [1.82, 2.24) is 14.9 Å². The molecule has 0 unspecified atom stereocenters. The number of piperidine rings is 1. The lowest BCUT2D eigenvalue weighted by Gasteiger charge is -2.36. The van der Waals surface area contributed by atoms with Gasteiger partial charge in [-0.3, -0.25) is 4.79 Å². The molecule has 0 radical (unpaired) electrons. The van der Waals surface area contributed by atoms with Crippen molar-refractivity contribution in [2.24, 2.45) is 0 Å². The van der Waals surface area contributed by atoms with Crippen LogP contribution in [0.25, 0.3) is 0 Å². The van der Waals surface area contributed by atoms with Crippen molar-refractivity contribution < 1.29 is 21.8 Å². The Bertz CT molecular complexity index is 1050. The largest absolute Gasteiger partial charge is 0.338 e. The van der Waals surface area contributed by atoms with Gasteiger partial charge in [0.15, 0.2) is 0 Å². The zero-order valence-corrected chi connectivity index (χ0v) is 16.1. The van der Waals surface area contributed by atoms with Crippen LogP contribution in [0.5, 0.6) is 0 Å². The summed E-state index contributed by atoms with van der Waals surface area (Å²) < 4.78 is 77.8. The van der Waals surface area contributed by atoms with Gasteiger partial charge in [-0.25, -0.2) is 18.7 Å². The summed E-state index contributed by atoms with van der Waals surface area (Å²) in [6.07, 6.45) is -4.67. The summed E-state index contributed by atoms with van der Waals surface area (Å²) in [5.41, 5.74) is -2.66. The smallest absolute Gasteiger partial charge is 0.253 e. The van der Waals surface area contributed by atoms with Crippen LogP contribution in [-0.2, 0) is 12.8 Å². The Labute approximate surface area is 177 Å². The number of rotatable bonds is 6. The molecule has 0 saturated carbocycles. The van der Waals surface area contributed by atoms with Crippen molar-refractivity contribution in [3.8, 4) is 0 Å². The molecule has 3 rings (SSSR count). The summed E-state index contributed by atoms with van der Waals surface area (Å²) in [5, 5.41) is -0.306. The molecule has 7 heteroatoms. The molecule has 2 aromatic rings. The van der Waals surface area contributed by atoms with E-state index in [1.165, 1.54) is 19.3 Å². The highest BCUT2D eigenvalue weighted by atomic mass is 35.5. The van der Waals surface area contributed by atoms with Gasteiger partial charge in [0.05, 0.1) is 5.02 Å². The second kappa shape index (κ2) is 8.95. The van der Waals surface area contributed by atoms with Crippen molar-refractivity contribution in [2.75, 3.05) is 13.1 Å². The number of likely N-dealkylation sites (tertiary alicyclic amines) is 1. The number of aryl methyl sites for hydroxylation is 2. The van der Waals surface area contributed by atoms with Gasteiger partial charge < -0.3 is 4.90 Å². The van der Waals surface area contributed by atoms with Gasteiger partial charge in [-0.2, -0.15) is 0 Å². The molecular formula is C21H24ClF2N3O. The molecule has 0 atom stereocenters. The quantitative estimate of drug-likeness (QED) is 0.683. The third-order valence-corrected chi connectivity index (χ3v) is 4.76. The van der Waals surface area contributed by atoms with E-state index >= 15 is 4.39 Å². The van der Waals surface area contributed by atoms with E-state index < -0.39 is 56.0 Å². The molecule has 1 aromatic carbocycles. The third-order valence-electron chi connectivity index (χ3n) is 4.47. The van der Waals surface area contributed by atoms with Crippen molar-refractivity contribution in [2.45, 2.75) is 51.0 Å². The lowest BCUT2D eigenvalue weighted by molar-refractivity contribution is 0.0389. The molecule has 4 nitrogen and oxygen atoms in total. The third kappa shape index (κ3) is 5.04. The number of aromatic nitrogens is 2. The van der Waals surface area contributed by atoms with Crippen LogP contribution in [0.15, 0.2) is 30.6 Å². The van der Waals surface area contributed by atoms with Gasteiger partial charge in [0, 0.05) is 45.7 Å². The molecule has 1 amide bonds. The zero-order chi connectivity index (χ0) is 25.5. The second-order valence-corrected chi connectivity index (χ2v) is 6.84. The van der Waals surface area contributed by atoms with Crippen molar-refractivity contribution >= 4 is 17.5 Å². The first kappa shape index (κ1) is 14.0. The van der Waals surface area contributed by atoms with E-state index in [0.717, 1.165) is 23.1 Å².